The lowest BCUT2D eigenvalue weighted by Crippen LogP contribution is -2.78. The van der Waals surface area contributed by atoms with Gasteiger partial charge < -0.3 is 9.84 Å². The van der Waals surface area contributed by atoms with Gasteiger partial charge in [0.15, 0.2) is 8.07 Å². The van der Waals surface area contributed by atoms with E-state index in [0.717, 1.165) is 19.3 Å². The highest BCUT2D eigenvalue weighted by Crippen LogP contribution is 2.44. The number of aliphatic hydroxyl groups excluding tert-OH is 1. The molecule has 45 heavy (non-hydrogen) atoms. The molecule has 0 saturated heterocycles. The second-order valence-electron chi connectivity index (χ2n) is 13.5. The smallest absolute Gasteiger partial charge is 0.414 e. The van der Waals surface area contributed by atoms with E-state index >= 15 is 0 Å². The molecule has 1 aliphatic heterocycles. The van der Waals surface area contributed by atoms with Crippen molar-refractivity contribution >= 4 is 29.7 Å². The van der Waals surface area contributed by atoms with Crippen LogP contribution in [0.1, 0.15) is 52.0 Å². The van der Waals surface area contributed by atoms with E-state index in [4.69, 9.17) is 4.74 Å². The van der Waals surface area contributed by atoms with Crippen molar-refractivity contribution < 1.29 is 14.6 Å². The van der Waals surface area contributed by atoms with Crippen molar-refractivity contribution in [2.24, 2.45) is 11.8 Å². The average Bonchev–Trinajstić information content (AvgIpc) is 3.07. The van der Waals surface area contributed by atoms with Gasteiger partial charge in [0.1, 0.15) is 6.10 Å². The summed E-state index contributed by atoms with van der Waals surface area (Å²) in [6.07, 6.45) is 5.74. The lowest BCUT2D eigenvalue weighted by atomic mass is 9.64. The minimum absolute atomic E-state index is 0.156. The van der Waals surface area contributed by atoms with Crippen LogP contribution in [0.25, 0.3) is 0 Å². The summed E-state index contributed by atoms with van der Waals surface area (Å²) in [6.45, 7) is 6.86. The quantitative estimate of drug-likeness (QED) is 0.189. The van der Waals surface area contributed by atoms with Crippen molar-refractivity contribution in [2.75, 3.05) is 0 Å². The third-order valence-electron chi connectivity index (χ3n) is 10.4. The molecule has 1 heterocycles. The lowest BCUT2D eigenvalue weighted by Gasteiger charge is -2.48. The number of rotatable bonds is 7. The fourth-order valence-corrected chi connectivity index (χ4v) is 13.5. The van der Waals surface area contributed by atoms with Crippen LogP contribution in [-0.2, 0) is 10.2 Å². The maximum absolute atomic E-state index is 14.6. The molecule has 4 aromatic rings. The highest BCUT2D eigenvalue weighted by molar-refractivity contribution is 7.12. The Balaban J connectivity index is 1.44. The second-order valence-corrected chi connectivity index (χ2v) is 17.5. The minimum atomic E-state index is -2.96. The molecule has 0 unspecified atom stereocenters. The third-order valence-corrected chi connectivity index (χ3v) is 15.7. The molecular formula is C40H45NO3Si. The van der Waals surface area contributed by atoms with Gasteiger partial charge in [0.2, 0.25) is 0 Å². The van der Waals surface area contributed by atoms with Crippen LogP contribution in [0.15, 0.2) is 134 Å². The van der Waals surface area contributed by atoms with E-state index in [-0.39, 0.29) is 29.2 Å². The van der Waals surface area contributed by atoms with Gasteiger partial charge in [-0.05, 0) is 57.8 Å². The van der Waals surface area contributed by atoms with Crippen LogP contribution in [0.2, 0.25) is 0 Å². The number of hydrogen-bond acceptors (Lipinski definition) is 3. The highest BCUT2D eigenvalue weighted by atomic mass is 28.3. The first-order valence-electron chi connectivity index (χ1n) is 16.4. The van der Waals surface area contributed by atoms with Crippen LogP contribution in [0.5, 0.6) is 0 Å². The molecular weight excluding hydrogens is 571 g/mol. The maximum Gasteiger partial charge on any atom is 0.414 e. The second kappa shape index (κ2) is 13.2. The van der Waals surface area contributed by atoms with Gasteiger partial charge in [0, 0.05) is 17.8 Å². The van der Waals surface area contributed by atoms with Crippen molar-refractivity contribution in [2.45, 2.75) is 69.7 Å². The highest BCUT2D eigenvalue weighted by Gasteiger charge is 2.52. The Hall–Kier alpha value is -3.93. The Bertz CT molecular complexity index is 1480. The van der Waals surface area contributed by atoms with Crippen molar-refractivity contribution in [1.29, 1.82) is 0 Å². The normalized spacial score (nSPS) is 23.8. The van der Waals surface area contributed by atoms with E-state index in [1.807, 2.05) is 23.1 Å². The molecule has 4 aromatic carbocycles. The van der Waals surface area contributed by atoms with Crippen molar-refractivity contribution in [3.05, 3.63) is 139 Å². The zero-order valence-electron chi connectivity index (χ0n) is 26.6. The molecule has 1 saturated carbocycles. The van der Waals surface area contributed by atoms with Crippen LogP contribution in [0, 0.1) is 11.8 Å². The summed E-state index contributed by atoms with van der Waals surface area (Å²) >= 11 is 0. The van der Waals surface area contributed by atoms with Crippen molar-refractivity contribution in [3.63, 3.8) is 0 Å². The van der Waals surface area contributed by atoms with E-state index in [1.54, 1.807) is 12.3 Å². The number of hydrogen-bond donors (Lipinski definition) is 1. The van der Waals surface area contributed by atoms with Crippen LogP contribution in [0.3, 0.4) is 0 Å². The number of nitrogens with zero attached hydrogens (tertiary/aromatic N) is 1. The first-order valence-corrected chi connectivity index (χ1v) is 18.5. The molecule has 0 aromatic heterocycles. The zero-order chi connectivity index (χ0) is 31.4. The molecule has 1 fully saturated rings. The zero-order valence-corrected chi connectivity index (χ0v) is 27.6. The summed E-state index contributed by atoms with van der Waals surface area (Å²) < 4.78 is 6.67. The van der Waals surface area contributed by atoms with Crippen LogP contribution in [0.4, 0.5) is 4.79 Å². The van der Waals surface area contributed by atoms with E-state index < -0.39 is 14.2 Å². The monoisotopic (exact) mass is 615 g/mol. The molecule has 1 aliphatic carbocycles. The molecule has 5 heteroatoms. The third kappa shape index (κ3) is 6.04. The van der Waals surface area contributed by atoms with Gasteiger partial charge >= 0.3 is 6.09 Å². The first kappa shape index (κ1) is 31.1. The molecule has 232 valence electrons. The fraction of sp³-hybridized carbons (Fsp3) is 0.325. The number of benzene rings is 4. The van der Waals surface area contributed by atoms with Gasteiger partial charge in [0.05, 0.1) is 6.10 Å². The molecule has 0 bridgehead atoms. The average molecular weight is 616 g/mol. The van der Waals surface area contributed by atoms with Gasteiger partial charge in [-0.25, -0.2) is 4.79 Å². The molecule has 4 nitrogen and oxygen atoms in total. The molecule has 6 rings (SSSR count). The Kier molecular flexibility index (Phi) is 9.11. The first-order chi connectivity index (χ1) is 21.8. The van der Waals surface area contributed by atoms with E-state index in [9.17, 15) is 9.90 Å². The van der Waals surface area contributed by atoms with Gasteiger partial charge in [-0.15, -0.1) is 0 Å². The molecule has 1 amide bonds. The number of carbonyl (C=O) groups excluding carboxylic acids is 1. The fourth-order valence-electron chi connectivity index (χ4n) is 8.03. The summed E-state index contributed by atoms with van der Waals surface area (Å²) in [5.41, 5.74) is 0.808. The summed E-state index contributed by atoms with van der Waals surface area (Å²) in [4.78, 5) is 16.5. The SMILES string of the molecule is C[C@@H]1CC[C@@H](C(C)(C)c2ccccc2)[C@H](OC(=O)N2C=C[C@H](O)C[C@@H]2[Si](c2ccccc2)(c2ccccc2)c2ccccc2)C1. The molecule has 1 N–H and O–H groups in total. The van der Waals surface area contributed by atoms with Crippen LogP contribution >= 0.6 is 0 Å². The Morgan fingerprint density at radius 2 is 1.24 bits per heavy atom. The summed E-state index contributed by atoms with van der Waals surface area (Å²) in [5.74, 6) is 0.670. The summed E-state index contributed by atoms with van der Waals surface area (Å²) in [6, 6.07) is 42.4. The summed E-state index contributed by atoms with van der Waals surface area (Å²) in [5, 5.41) is 14.8. The predicted molar refractivity (Wildman–Crippen MR) is 186 cm³/mol. The van der Waals surface area contributed by atoms with Gasteiger partial charge in [-0.2, -0.15) is 0 Å². The predicted octanol–water partition coefficient (Wildman–Crippen LogP) is 6.56. The van der Waals surface area contributed by atoms with Crippen LogP contribution < -0.4 is 15.6 Å². The van der Waals surface area contributed by atoms with Gasteiger partial charge in [-0.1, -0.05) is 149 Å². The number of amides is 1. The molecule has 0 spiro atoms. The Morgan fingerprint density at radius 3 is 1.76 bits per heavy atom. The van der Waals surface area contributed by atoms with Crippen molar-refractivity contribution in [1.82, 2.24) is 4.90 Å². The number of aliphatic hydroxyl groups is 1. The van der Waals surface area contributed by atoms with E-state index in [1.165, 1.54) is 21.1 Å². The molecule has 5 atom stereocenters. The standard InChI is InChI=1S/C40H45NO3Si/c1-30-24-25-36(40(2,3)31-16-8-4-9-17-31)37(28-30)44-39(43)41-27-26-32(42)29-38(41)45(33-18-10-5-11-19-33,34-20-12-6-13-21-34)35-22-14-7-15-23-35/h4-23,26-27,30,32,36-38,42H,24-25,28-29H2,1-3H3/t30-,32+,36-,37-,38+/m1/s1. The summed E-state index contributed by atoms with van der Waals surface area (Å²) in [7, 11) is -2.96. The van der Waals surface area contributed by atoms with E-state index in [0.29, 0.717) is 12.3 Å². The van der Waals surface area contributed by atoms with Crippen molar-refractivity contribution in [3.8, 4) is 0 Å². The number of ether oxygens (including phenoxy) is 1. The lowest BCUT2D eigenvalue weighted by molar-refractivity contribution is -0.0167. The Labute approximate surface area is 269 Å². The van der Waals surface area contributed by atoms with Crippen LogP contribution in [-0.4, -0.2) is 42.0 Å². The van der Waals surface area contributed by atoms with Gasteiger partial charge in [-0.3, -0.25) is 4.90 Å². The topological polar surface area (TPSA) is 49.8 Å². The van der Waals surface area contributed by atoms with Gasteiger partial charge in [0.25, 0.3) is 0 Å². The minimum Gasteiger partial charge on any atom is -0.446 e. The Morgan fingerprint density at radius 1 is 0.756 bits per heavy atom. The number of carbonyl (C=O) groups is 1. The largest absolute Gasteiger partial charge is 0.446 e. The van der Waals surface area contributed by atoms with E-state index in [2.05, 4.69) is 124 Å². The maximum atomic E-state index is 14.6. The molecule has 0 radical (unpaired) electrons. The molecule has 2 aliphatic rings.